The molecule has 136 valence electrons. The van der Waals surface area contributed by atoms with Crippen molar-refractivity contribution >= 4 is 34.7 Å². The van der Waals surface area contributed by atoms with Crippen LogP contribution in [0.4, 0.5) is 11.6 Å². The fourth-order valence-electron chi connectivity index (χ4n) is 2.71. The van der Waals surface area contributed by atoms with Crippen LogP contribution < -0.4 is 15.8 Å². The molecule has 0 atom stereocenters. The van der Waals surface area contributed by atoms with E-state index in [9.17, 15) is 4.79 Å². The molecule has 4 rings (SSSR count). The van der Waals surface area contributed by atoms with E-state index in [0.717, 1.165) is 11.3 Å². The smallest absolute Gasteiger partial charge is 0.256 e. The summed E-state index contributed by atoms with van der Waals surface area (Å²) >= 11 is 6.06. The SMILES string of the molecule is COc1ccnc(NC(=O)c2ccc(-c3[nH]n4c(Cl)cnc(N)c34)cc2)c1. The molecule has 0 saturated heterocycles. The molecular weight excluding hydrogens is 368 g/mol. The van der Waals surface area contributed by atoms with E-state index in [1.165, 1.54) is 6.20 Å². The molecule has 1 aromatic carbocycles. The van der Waals surface area contributed by atoms with Gasteiger partial charge in [-0.2, -0.15) is 0 Å². The zero-order chi connectivity index (χ0) is 19.0. The van der Waals surface area contributed by atoms with Crippen molar-refractivity contribution in [3.63, 3.8) is 0 Å². The number of hydrogen-bond acceptors (Lipinski definition) is 5. The van der Waals surface area contributed by atoms with Gasteiger partial charge in [0.15, 0.2) is 5.82 Å². The minimum absolute atomic E-state index is 0.270. The van der Waals surface area contributed by atoms with E-state index in [1.807, 2.05) is 12.1 Å². The Morgan fingerprint density at radius 3 is 2.78 bits per heavy atom. The molecule has 0 radical (unpaired) electrons. The number of methoxy groups -OCH3 is 1. The summed E-state index contributed by atoms with van der Waals surface area (Å²) in [5.74, 6) is 1.13. The van der Waals surface area contributed by atoms with Crippen LogP contribution in [0.3, 0.4) is 0 Å². The monoisotopic (exact) mass is 382 g/mol. The molecule has 27 heavy (non-hydrogen) atoms. The van der Waals surface area contributed by atoms with Gasteiger partial charge in [-0.05, 0) is 18.2 Å². The molecule has 0 aliphatic rings. The Kier molecular flexibility index (Phi) is 4.17. The van der Waals surface area contributed by atoms with Crippen LogP contribution in [0.25, 0.3) is 16.8 Å². The first-order valence-electron chi connectivity index (χ1n) is 7.99. The van der Waals surface area contributed by atoms with Crippen LogP contribution in [-0.2, 0) is 0 Å². The van der Waals surface area contributed by atoms with Gasteiger partial charge in [0.2, 0.25) is 0 Å². The number of hydrogen-bond donors (Lipinski definition) is 3. The first-order chi connectivity index (χ1) is 13.1. The van der Waals surface area contributed by atoms with Gasteiger partial charge in [-0.3, -0.25) is 9.89 Å². The number of fused-ring (bicyclic) bond motifs is 1. The third-order valence-electron chi connectivity index (χ3n) is 4.09. The fraction of sp³-hybridized carbons (Fsp3) is 0.0556. The highest BCUT2D eigenvalue weighted by molar-refractivity contribution is 6.29. The van der Waals surface area contributed by atoms with Gasteiger partial charge in [0.05, 0.1) is 19.0 Å². The molecule has 0 aliphatic carbocycles. The number of anilines is 2. The number of halogens is 1. The van der Waals surface area contributed by atoms with E-state index >= 15 is 0 Å². The highest BCUT2D eigenvalue weighted by atomic mass is 35.5. The van der Waals surface area contributed by atoms with Gasteiger partial charge >= 0.3 is 0 Å². The van der Waals surface area contributed by atoms with Gasteiger partial charge in [0, 0.05) is 23.4 Å². The number of carbonyl (C=O) groups excluding carboxylic acids is 1. The summed E-state index contributed by atoms with van der Waals surface area (Å²) in [5, 5.41) is 6.28. The van der Waals surface area contributed by atoms with E-state index in [4.69, 9.17) is 22.1 Å². The van der Waals surface area contributed by atoms with Crippen molar-refractivity contribution in [2.45, 2.75) is 0 Å². The number of aromatic nitrogens is 4. The zero-order valence-corrected chi connectivity index (χ0v) is 15.0. The topological polar surface area (TPSA) is 110 Å². The van der Waals surface area contributed by atoms with E-state index in [1.54, 1.807) is 42.1 Å². The molecular formula is C18H15ClN6O2. The maximum Gasteiger partial charge on any atom is 0.256 e. The molecule has 4 aromatic rings. The van der Waals surface area contributed by atoms with Gasteiger partial charge < -0.3 is 15.8 Å². The number of rotatable bonds is 4. The Hall–Kier alpha value is -3.52. The highest BCUT2D eigenvalue weighted by Gasteiger charge is 2.16. The summed E-state index contributed by atoms with van der Waals surface area (Å²) in [7, 11) is 1.55. The second-order valence-corrected chi connectivity index (χ2v) is 6.14. The first-order valence-corrected chi connectivity index (χ1v) is 8.37. The Morgan fingerprint density at radius 2 is 2.04 bits per heavy atom. The maximum atomic E-state index is 12.4. The number of aromatic amines is 1. The lowest BCUT2D eigenvalue weighted by molar-refractivity contribution is 0.102. The molecule has 0 aliphatic heterocycles. The standard InChI is InChI=1S/C18H15ClN6O2/c1-27-12-6-7-21-14(8-12)23-18(26)11-4-2-10(3-5-11)15-16-17(20)22-9-13(19)25(16)24-15/h2-9,24H,1H3,(H2,20,22)(H,21,23,26). The molecule has 4 N–H and O–H groups in total. The van der Waals surface area contributed by atoms with Gasteiger partial charge in [-0.1, -0.05) is 23.7 Å². The number of nitrogens with two attached hydrogens (primary N) is 1. The van der Waals surface area contributed by atoms with E-state index in [-0.39, 0.29) is 5.91 Å². The molecule has 0 spiro atoms. The van der Waals surface area contributed by atoms with Crippen LogP contribution in [0.1, 0.15) is 10.4 Å². The molecule has 0 fully saturated rings. The molecule has 1 amide bonds. The largest absolute Gasteiger partial charge is 0.497 e. The van der Waals surface area contributed by atoms with Crippen LogP contribution in [-0.4, -0.2) is 32.6 Å². The lowest BCUT2D eigenvalue weighted by Crippen LogP contribution is -2.13. The van der Waals surface area contributed by atoms with E-state index in [2.05, 4.69) is 20.4 Å². The van der Waals surface area contributed by atoms with Crippen molar-refractivity contribution in [1.82, 2.24) is 19.6 Å². The summed E-state index contributed by atoms with van der Waals surface area (Å²) in [6.07, 6.45) is 3.04. The Balaban J connectivity index is 1.56. The zero-order valence-electron chi connectivity index (χ0n) is 14.2. The summed E-state index contributed by atoms with van der Waals surface area (Å²) in [6, 6.07) is 10.4. The number of amides is 1. The number of ether oxygens (including phenoxy) is 1. The molecule has 0 saturated carbocycles. The number of nitrogens with one attached hydrogen (secondary N) is 2. The number of pyridine rings is 1. The average Bonchev–Trinajstić information content (AvgIpc) is 2.65. The van der Waals surface area contributed by atoms with E-state index < -0.39 is 0 Å². The Morgan fingerprint density at radius 1 is 1.26 bits per heavy atom. The second kappa shape index (κ2) is 6.65. The van der Waals surface area contributed by atoms with Crippen molar-refractivity contribution in [3.05, 3.63) is 59.5 Å². The molecule has 0 unspecified atom stereocenters. The van der Waals surface area contributed by atoms with Crippen molar-refractivity contribution in [3.8, 4) is 17.0 Å². The molecule has 3 heterocycles. The number of benzene rings is 1. The predicted molar refractivity (Wildman–Crippen MR) is 103 cm³/mol. The molecule has 8 nitrogen and oxygen atoms in total. The van der Waals surface area contributed by atoms with Crippen molar-refractivity contribution in [1.29, 1.82) is 0 Å². The second-order valence-electron chi connectivity index (χ2n) is 5.75. The minimum Gasteiger partial charge on any atom is -0.497 e. The summed E-state index contributed by atoms with van der Waals surface area (Å²) in [5.41, 5.74) is 8.78. The van der Waals surface area contributed by atoms with Crippen LogP contribution in [0.2, 0.25) is 5.15 Å². The maximum absolute atomic E-state index is 12.4. The fourth-order valence-corrected chi connectivity index (χ4v) is 2.88. The number of nitrogens with zero attached hydrogens (tertiary/aromatic N) is 3. The third-order valence-corrected chi connectivity index (χ3v) is 4.36. The minimum atomic E-state index is -0.270. The summed E-state index contributed by atoms with van der Waals surface area (Å²) < 4.78 is 6.77. The number of H-pyrrole nitrogens is 1. The number of nitrogen functional groups attached to an aromatic ring is 1. The van der Waals surface area contributed by atoms with Crippen molar-refractivity contribution in [2.75, 3.05) is 18.2 Å². The Labute approximate surface area is 158 Å². The van der Waals surface area contributed by atoms with Crippen LogP contribution in [0, 0.1) is 0 Å². The quantitative estimate of drug-likeness (QED) is 0.502. The molecule has 3 aromatic heterocycles. The van der Waals surface area contributed by atoms with E-state index in [0.29, 0.717) is 33.6 Å². The summed E-state index contributed by atoms with van der Waals surface area (Å²) in [4.78, 5) is 20.6. The lowest BCUT2D eigenvalue weighted by atomic mass is 10.1. The van der Waals surface area contributed by atoms with Crippen molar-refractivity contribution < 1.29 is 9.53 Å². The van der Waals surface area contributed by atoms with Gasteiger partial charge in [0.1, 0.15) is 22.2 Å². The van der Waals surface area contributed by atoms with Crippen LogP contribution in [0.15, 0.2) is 48.8 Å². The predicted octanol–water partition coefficient (Wildman–Crippen LogP) is 3.22. The molecule has 9 heteroatoms. The first kappa shape index (κ1) is 16.9. The molecule has 0 bridgehead atoms. The third kappa shape index (κ3) is 3.06. The number of carbonyl (C=O) groups is 1. The lowest BCUT2D eigenvalue weighted by Gasteiger charge is -2.17. The highest BCUT2D eigenvalue weighted by Crippen LogP contribution is 2.30. The van der Waals surface area contributed by atoms with Gasteiger partial charge in [-0.25, -0.2) is 14.5 Å². The average molecular weight is 383 g/mol. The van der Waals surface area contributed by atoms with Gasteiger partial charge in [0.25, 0.3) is 5.91 Å². The summed E-state index contributed by atoms with van der Waals surface area (Å²) in [6.45, 7) is 0. The van der Waals surface area contributed by atoms with Crippen LogP contribution >= 0.6 is 11.6 Å². The van der Waals surface area contributed by atoms with Gasteiger partial charge in [-0.15, -0.1) is 0 Å². The van der Waals surface area contributed by atoms with Crippen molar-refractivity contribution in [2.24, 2.45) is 0 Å². The van der Waals surface area contributed by atoms with Crippen LogP contribution in [0.5, 0.6) is 5.75 Å². The normalized spacial score (nSPS) is 10.9. The Bertz CT molecular complexity index is 1130.